The van der Waals surface area contributed by atoms with Crippen LogP contribution in [-0.2, 0) is 19.1 Å². The van der Waals surface area contributed by atoms with Crippen LogP contribution in [0, 0.1) is 5.92 Å². The van der Waals surface area contributed by atoms with Crippen molar-refractivity contribution in [3.8, 4) is 0 Å². The van der Waals surface area contributed by atoms with E-state index in [0.29, 0.717) is 12.8 Å². The molecule has 0 aromatic rings. The first-order valence-corrected chi connectivity index (χ1v) is 6.43. The van der Waals surface area contributed by atoms with Gasteiger partial charge in [-0.3, -0.25) is 8.98 Å². The van der Waals surface area contributed by atoms with Crippen molar-refractivity contribution >= 4 is 16.0 Å². The van der Waals surface area contributed by atoms with Gasteiger partial charge in [-0.25, -0.2) is 0 Å². The lowest BCUT2D eigenvalue weighted by atomic mass is 10.0. The molecule has 82 valence electrons. The molecule has 14 heavy (non-hydrogen) atoms. The molecule has 0 aromatic carbocycles. The van der Waals surface area contributed by atoms with Crippen molar-refractivity contribution in [2.45, 2.75) is 19.3 Å². The third-order valence-electron chi connectivity index (χ3n) is 2.16. The Morgan fingerprint density at radius 3 is 2.79 bits per heavy atom. The lowest BCUT2D eigenvalue weighted by Gasteiger charge is -2.05. The molecule has 0 aliphatic carbocycles. The van der Waals surface area contributed by atoms with Gasteiger partial charge < -0.3 is 5.32 Å². The Morgan fingerprint density at radius 2 is 2.29 bits per heavy atom. The summed E-state index contributed by atoms with van der Waals surface area (Å²) in [6.07, 6.45) is 3.17. The van der Waals surface area contributed by atoms with Gasteiger partial charge in [0, 0.05) is 12.5 Å². The van der Waals surface area contributed by atoms with Gasteiger partial charge in [-0.1, -0.05) is 0 Å². The highest BCUT2D eigenvalue weighted by molar-refractivity contribution is 7.85. The van der Waals surface area contributed by atoms with E-state index >= 15 is 0 Å². The molecule has 1 unspecified atom stereocenters. The SMILES string of the molecule is CS(=O)(=O)OCCCC1CCNC1=O. The molecule has 1 aliphatic rings. The largest absolute Gasteiger partial charge is 0.356 e. The minimum Gasteiger partial charge on any atom is -0.356 e. The highest BCUT2D eigenvalue weighted by Crippen LogP contribution is 2.15. The van der Waals surface area contributed by atoms with E-state index in [1.807, 2.05) is 0 Å². The topological polar surface area (TPSA) is 72.5 Å². The Balaban J connectivity index is 2.13. The normalized spacial score (nSPS) is 22.4. The number of amides is 1. The molecule has 1 saturated heterocycles. The van der Waals surface area contributed by atoms with Gasteiger partial charge in [-0.05, 0) is 19.3 Å². The van der Waals surface area contributed by atoms with Crippen LogP contribution < -0.4 is 5.32 Å². The molecule has 0 bridgehead atoms. The Hall–Kier alpha value is -0.620. The first-order valence-electron chi connectivity index (χ1n) is 4.61. The summed E-state index contributed by atoms with van der Waals surface area (Å²) in [6.45, 7) is 0.902. The van der Waals surface area contributed by atoms with Gasteiger partial charge in [0.2, 0.25) is 5.91 Å². The fraction of sp³-hybridized carbons (Fsp3) is 0.875. The highest BCUT2D eigenvalue weighted by atomic mass is 32.2. The maximum atomic E-state index is 11.1. The molecule has 0 radical (unpaired) electrons. The summed E-state index contributed by atoms with van der Waals surface area (Å²) in [5.41, 5.74) is 0. The van der Waals surface area contributed by atoms with Crippen LogP contribution in [0.2, 0.25) is 0 Å². The molecule has 1 N–H and O–H groups in total. The van der Waals surface area contributed by atoms with E-state index in [4.69, 9.17) is 0 Å². The van der Waals surface area contributed by atoms with E-state index in [2.05, 4.69) is 9.50 Å². The molecule has 1 heterocycles. The van der Waals surface area contributed by atoms with Crippen LogP contribution in [0.5, 0.6) is 0 Å². The van der Waals surface area contributed by atoms with Gasteiger partial charge >= 0.3 is 0 Å². The zero-order chi connectivity index (χ0) is 10.6. The van der Waals surface area contributed by atoms with E-state index < -0.39 is 10.1 Å². The second-order valence-corrected chi connectivity index (χ2v) is 5.09. The summed E-state index contributed by atoms with van der Waals surface area (Å²) in [5, 5.41) is 2.73. The molecule has 1 atom stereocenters. The molecule has 1 amide bonds. The lowest BCUT2D eigenvalue weighted by molar-refractivity contribution is -0.122. The van der Waals surface area contributed by atoms with E-state index in [-0.39, 0.29) is 18.4 Å². The fourth-order valence-corrected chi connectivity index (χ4v) is 1.88. The molecule has 0 spiro atoms. The number of hydrogen-bond donors (Lipinski definition) is 1. The number of carbonyl (C=O) groups excluding carboxylic acids is 1. The zero-order valence-corrected chi connectivity index (χ0v) is 8.97. The second-order valence-electron chi connectivity index (χ2n) is 3.44. The summed E-state index contributed by atoms with van der Waals surface area (Å²) >= 11 is 0. The molecule has 5 nitrogen and oxygen atoms in total. The quantitative estimate of drug-likeness (QED) is 0.519. The Morgan fingerprint density at radius 1 is 1.57 bits per heavy atom. The lowest BCUT2D eigenvalue weighted by Crippen LogP contribution is -2.19. The highest BCUT2D eigenvalue weighted by Gasteiger charge is 2.23. The van der Waals surface area contributed by atoms with Gasteiger partial charge in [0.05, 0.1) is 12.9 Å². The van der Waals surface area contributed by atoms with Crippen molar-refractivity contribution in [2.75, 3.05) is 19.4 Å². The number of rotatable bonds is 5. The standard InChI is InChI=1S/C8H15NO4S/c1-14(11,12)13-6-2-3-7-4-5-9-8(7)10/h7H,2-6H2,1H3,(H,9,10). The van der Waals surface area contributed by atoms with E-state index in [9.17, 15) is 13.2 Å². The summed E-state index contributed by atoms with van der Waals surface area (Å²) in [5.74, 6) is 0.113. The van der Waals surface area contributed by atoms with Gasteiger partial charge in [0.1, 0.15) is 0 Å². The molecule has 6 heteroatoms. The van der Waals surface area contributed by atoms with Crippen LogP contribution >= 0.6 is 0 Å². The van der Waals surface area contributed by atoms with Gasteiger partial charge in [-0.15, -0.1) is 0 Å². The first kappa shape index (κ1) is 11.5. The van der Waals surface area contributed by atoms with Crippen LogP contribution in [0.15, 0.2) is 0 Å². The predicted octanol–water partition coefficient (Wildman–Crippen LogP) is -0.121. The summed E-state index contributed by atoms with van der Waals surface area (Å²) < 4.78 is 25.7. The van der Waals surface area contributed by atoms with Crippen LogP contribution in [0.1, 0.15) is 19.3 Å². The molecule has 0 aromatic heterocycles. The summed E-state index contributed by atoms with van der Waals surface area (Å²) in [4.78, 5) is 11.1. The monoisotopic (exact) mass is 221 g/mol. The van der Waals surface area contributed by atoms with E-state index in [1.54, 1.807) is 0 Å². The zero-order valence-electron chi connectivity index (χ0n) is 8.15. The van der Waals surface area contributed by atoms with Crippen molar-refractivity contribution in [3.05, 3.63) is 0 Å². The predicted molar refractivity (Wildman–Crippen MR) is 51.1 cm³/mol. The molecule has 1 aliphatic heterocycles. The number of nitrogens with one attached hydrogen (secondary N) is 1. The molecule has 1 fully saturated rings. The minimum atomic E-state index is -3.33. The van der Waals surface area contributed by atoms with Crippen LogP contribution in [0.25, 0.3) is 0 Å². The van der Waals surface area contributed by atoms with Gasteiger partial charge in [0.15, 0.2) is 0 Å². The van der Waals surface area contributed by atoms with Crippen molar-refractivity contribution < 1.29 is 17.4 Å². The maximum Gasteiger partial charge on any atom is 0.264 e. The average molecular weight is 221 g/mol. The van der Waals surface area contributed by atoms with E-state index in [1.165, 1.54) is 0 Å². The molecular formula is C8H15NO4S. The van der Waals surface area contributed by atoms with Crippen LogP contribution in [0.4, 0.5) is 0 Å². The van der Waals surface area contributed by atoms with Crippen molar-refractivity contribution in [1.29, 1.82) is 0 Å². The molecular weight excluding hydrogens is 206 g/mol. The Labute approximate surface area is 83.9 Å². The first-order chi connectivity index (χ1) is 6.49. The summed E-state index contributed by atoms with van der Waals surface area (Å²) in [6, 6.07) is 0. The van der Waals surface area contributed by atoms with Crippen LogP contribution in [0.3, 0.4) is 0 Å². The smallest absolute Gasteiger partial charge is 0.264 e. The third kappa shape index (κ3) is 4.06. The van der Waals surface area contributed by atoms with Gasteiger partial charge in [0.25, 0.3) is 10.1 Å². The van der Waals surface area contributed by atoms with Crippen molar-refractivity contribution in [3.63, 3.8) is 0 Å². The second kappa shape index (κ2) is 4.75. The Bertz CT molecular complexity index is 298. The van der Waals surface area contributed by atoms with Crippen molar-refractivity contribution in [2.24, 2.45) is 5.92 Å². The minimum absolute atomic E-state index is 0.0400. The molecule has 0 saturated carbocycles. The maximum absolute atomic E-state index is 11.1. The average Bonchev–Trinajstić information content (AvgIpc) is 2.44. The fourth-order valence-electron chi connectivity index (χ4n) is 1.46. The molecule has 1 rings (SSSR count). The van der Waals surface area contributed by atoms with Crippen molar-refractivity contribution in [1.82, 2.24) is 5.32 Å². The summed E-state index contributed by atoms with van der Waals surface area (Å²) in [7, 11) is -3.33. The van der Waals surface area contributed by atoms with E-state index in [0.717, 1.165) is 19.2 Å². The van der Waals surface area contributed by atoms with Gasteiger partial charge in [-0.2, -0.15) is 8.42 Å². The third-order valence-corrected chi connectivity index (χ3v) is 2.75. The van der Waals surface area contributed by atoms with Crippen LogP contribution in [-0.4, -0.2) is 33.7 Å². The number of carbonyl (C=O) groups is 1. The Kier molecular flexibility index (Phi) is 3.88. The number of hydrogen-bond acceptors (Lipinski definition) is 4.